The van der Waals surface area contributed by atoms with Crippen LogP contribution < -0.4 is 5.32 Å². The molecule has 1 atom stereocenters. The number of aryl methyl sites for hydroxylation is 2. The van der Waals surface area contributed by atoms with Crippen LogP contribution in [0, 0.1) is 13.8 Å². The van der Waals surface area contributed by atoms with Crippen molar-refractivity contribution in [2.75, 3.05) is 5.32 Å². The van der Waals surface area contributed by atoms with Crippen LogP contribution >= 0.6 is 11.8 Å². The van der Waals surface area contributed by atoms with Crippen molar-refractivity contribution in [3.8, 4) is 5.75 Å². The predicted molar refractivity (Wildman–Crippen MR) is 135 cm³/mol. The zero-order valence-corrected chi connectivity index (χ0v) is 21.5. The van der Waals surface area contributed by atoms with E-state index in [1.165, 1.54) is 0 Å². The van der Waals surface area contributed by atoms with Crippen molar-refractivity contribution >= 4 is 23.4 Å². The maximum atomic E-state index is 13.3. The Labute approximate surface area is 193 Å². The molecular formula is C27H39NO2S. The van der Waals surface area contributed by atoms with Gasteiger partial charge in [0, 0.05) is 21.7 Å². The molecular weight excluding hydrogens is 402 g/mol. The van der Waals surface area contributed by atoms with Gasteiger partial charge in [0.05, 0.1) is 5.25 Å². The second-order valence-electron chi connectivity index (χ2n) is 10.5. The molecule has 0 aliphatic heterocycles. The molecule has 2 aromatic rings. The van der Waals surface area contributed by atoms with Crippen LogP contribution in [-0.2, 0) is 15.6 Å². The van der Waals surface area contributed by atoms with E-state index in [9.17, 15) is 9.90 Å². The summed E-state index contributed by atoms with van der Waals surface area (Å²) in [4.78, 5) is 14.3. The smallest absolute Gasteiger partial charge is 0.237 e. The minimum absolute atomic E-state index is 0.0342. The molecule has 0 aromatic heterocycles. The molecule has 0 aliphatic carbocycles. The number of nitrogens with one attached hydrogen (secondary N) is 1. The summed E-state index contributed by atoms with van der Waals surface area (Å²) in [6.45, 7) is 18.8. The van der Waals surface area contributed by atoms with Crippen LogP contribution in [0.3, 0.4) is 0 Å². The van der Waals surface area contributed by atoms with Gasteiger partial charge in [-0.3, -0.25) is 4.79 Å². The van der Waals surface area contributed by atoms with Crippen molar-refractivity contribution in [2.24, 2.45) is 0 Å². The Kier molecular flexibility index (Phi) is 7.91. The third-order valence-corrected chi connectivity index (χ3v) is 6.79. The first-order valence-electron chi connectivity index (χ1n) is 11.2. The van der Waals surface area contributed by atoms with Crippen LogP contribution in [0.25, 0.3) is 0 Å². The van der Waals surface area contributed by atoms with E-state index >= 15 is 0 Å². The fourth-order valence-corrected chi connectivity index (χ4v) is 4.92. The third-order valence-electron chi connectivity index (χ3n) is 5.55. The number of rotatable bonds is 6. The number of carbonyl (C=O) groups is 1. The third kappa shape index (κ3) is 6.29. The standard InChI is InChI=1S/C27H39NO2S/c1-10-12-22(25(30)28-23-17(2)13-11-14-18(23)3)31-19-15-20(26(4,5)6)24(29)21(16-19)27(7,8)9/h11,13-16,22,29H,10,12H2,1-9H3,(H,28,30). The Morgan fingerprint density at radius 1 is 1.00 bits per heavy atom. The highest BCUT2D eigenvalue weighted by Gasteiger charge is 2.28. The van der Waals surface area contributed by atoms with E-state index in [2.05, 4.69) is 65.9 Å². The van der Waals surface area contributed by atoms with Gasteiger partial charge in [0.25, 0.3) is 0 Å². The fourth-order valence-electron chi connectivity index (χ4n) is 3.70. The van der Waals surface area contributed by atoms with Crippen molar-refractivity contribution in [3.63, 3.8) is 0 Å². The molecule has 0 heterocycles. The number of hydrogen-bond donors (Lipinski definition) is 2. The maximum Gasteiger partial charge on any atom is 0.237 e. The Hall–Kier alpha value is -1.94. The highest BCUT2D eigenvalue weighted by atomic mass is 32.2. The predicted octanol–water partition coefficient (Wildman–Crippen LogP) is 7.50. The van der Waals surface area contributed by atoms with E-state index in [-0.39, 0.29) is 22.0 Å². The highest BCUT2D eigenvalue weighted by molar-refractivity contribution is 8.00. The lowest BCUT2D eigenvalue weighted by Crippen LogP contribution is -2.26. The summed E-state index contributed by atoms with van der Waals surface area (Å²) in [7, 11) is 0. The summed E-state index contributed by atoms with van der Waals surface area (Å²) in [6.07, 6.45) is 1.71. The molecule has 0 saturated heterocycles. The number of phenols is 1. The molecule has 0 bridgehead atoms. The van der Waals surface area contributed by atoms with Gasteiger partial charge in [-0.15, -0.1) is 11.8 Å². The second kappa shape index (κ2) is 9.68. The number of carbonyl (C=O) groups excluding carboxylic acids is 1. The number of hydrogen-bond acceptors (Lipinski definition) is 3. The van der Waals surface area contributed by atoms with Gasteiger partial charge in [0.2, 0.25) is 5.91 Å². The maximum absolute atomic E-state index is 13.3. The molecule has 1 amide bonds. The Morgan fingerprint density at radius 2 is 1.48 bits per heavy atom. The monoisotopic (exact) mass is 441 g/mol. The van der Waals surface area contributed by atoms with E-state index in [1.807, 2.05) is 32.0 Å². The summed E-state index contributed by atoms with van der Waals surface area (Å²) in [5.41, 5.74) is 4.51. The first-order valence-corrected chi connectivity index (χ1v) is 12.0. The van der Waals surface area contributed by atoms with Gasteiger partial charge < -0.3 is 10.4 Å². The molecule has 4 heteroatoms. The molecule has 2 rings (SSSR count). The van der Waals surface area contributed by atoms with Gasteiger partial charge in [-0.25, -0.2) is 0 Å². The lowest BCUT2D eigenvalue weighted by molar-refractivity contribution is -0.115. The van der Waals surface area contributed by atoms with Gasteiger partial charge in [-0.1, -0.05) is 73.1 Å². The summed E-state index contributed by atoms with van der Waals surface area (Å²) >= 11 is 1.60. The van der Waals surface area contributed by atoms with Crippen molar-refractivity contribution in [1.82, 2.24) is 0 Å². The minimum atomic E-state index is -0.200. The largest absolute Gasteiger partial charge is 0.507 e. The van der Waals surface area contributed by atoms with Crippen LogP contribution in [-0.4, -0.2) is 16.3 Å². The molecule has 0 fully saturated rings. The molecule has 0 radical (unpaired) electrons. The van der Waals surface area contributed by atoms with Crippen molar-refractivity contribution in [3.05, 3.63) is 52.6 Å². The summed E-state index contributed by atoms with van der Waals surface area (Å²) in [5.74, 6) is 0.406. The lowest BCUT2D eigenvalue weighted by atomic mass is 9.79. The number of para-hydroxylation sites is 1. The number of thioether (sulfide) groups is 1. The zero-order chi connectivity index (χ0) is 23.6. The quantitative estimate of drug-likeness (QED) is 0.456. The van der Waals surface area contributed by atoms with Crippen molar-refractivity contribution in [2.45, 2.75) is 96.1 Å². The molecule has 0 saturated carbocycles. The second-order valence-corrected chi connectivity index (χ2v) is 11.8. The summed E-state index contributed by atoms with van der Waals surface area (Å²) < 4.78 is 0. The van der Waals surface area contributed by atoms with E-state index in [0.29, 0.717) is 5.75 Å². The van der Waals surface area contributed by atoms with E-state index < -0.39 is 0 Å². The topological polar surface area (TPSA) is 49.3 Å². The number of amides is 1. The van der Waals surface area contributed by atoms with Gasteiger partial charge in [0.1, 0.15) is 5.75 Å². The Balaban J connectivity index is 2.43. The average molecular weight is 442 g/mol. The number of aromatic hydroxyl groups is 1. The highest BCUT2D eigenvalue weighted by Crippen LogP contribution is 2.43. The van der Waals surface area contributed by atoms with E-state index in [1.54, 1.807) is 11.8 Å². The molecule has 3 nitrogen and oxygen atoms in total. The lowest BCUT2D eigenvalue weighted by Gasteiger charge is -2.28. The number of benzene rings is 2. The molecule has 170 valence electrons. The van der Waals surface area contributed by atoms with Crippen LogP contribution in [0.2, 0.25) is 0 Å². The molecule has 2 aromatic carbocycles. The van der Waals surface area contributed by atoms with Gasteiger partial charge >= 0.3 is 0 Å². The summed E-state index contributed by atoms with van der Waals surface area (Å²) in [5, 5.41) is 14.0. The van der Waals surface area contributed by atoms with Crippen LogP contribution in [0.4, 0.5) is 5.69 Å². The normalized spacial score (nSPS) is 13.2. The molecule has 1 unspecified atom stereocenters. The summed E-state index contributed by atoms with van der Waals surface area (Å²) in [6, 6.07) is 10.2. The minimum Gasteiger partial charge on any atom is -0.507 e. The van der Waals surface area contributed by atoms with Crippen LogP contribution in [0.5, 0.6) is 5.75 Å². The molecule has 2 N–H and O–H groups in total. The van der Waals surface area contributed by atoms with Crippen LogP contribution in [0.1, 0.15) is 83.6 Å². The first-order chi connectivity index (χ1) is 14.3. The average Bonchev–Trinajstić information content (AvgIpc) is 2.63. The Bertz CT molecular complexity index is 880. The van der Waals surface area contributed by atoms with E-state index in [4.69, 9.17) is 0 Å². The van der Waals surface area contributed by atoms with Crippen molar-refractivity contribution in [1.29, 1.82) is 0 Å². The zero-order valence-electron chi connectivity index (χ0n) is 20.6. The van der Waals surface area contributed by atoms with Crippen molar-refractivity contribution < 1.29 is 9.90 Å². The van der Waals surface area contributed by atoms with Gasteiger partial charge in [-0.05, 0) is 54.4 Å². The van der Waals surface area contributed by atoms with Crippen LogP contribution in [0.15, 0.2) is 35.2 Å². The fraction of sp³-hybridized carbons (Fsp3) is 0.519. The SMILES string of the molecule is CCCC(Sc1cc(C(C)(C)C)c(O)c(C(C)(C)C)c1)C(=O)Nc1c(C)cccc1C. The Morgan fingerprint density at radius 3 is 1.90 bits per heavy atom. The van der Waals surface area contributed by atoms with E-state index in [0.717, 1.165) is 45.7 Å². The number of anilines is 1. The first kappa shape index (κ1) is 25.3. The molecule has 0 aliphatic rings. The molecule has 31 heavy (non-hydrogen) atoms. The van der Waals surface area contributed by atoms with Gasteiger partial charge in [0.15, 0.2) is 0 Å². The van der Waals surface area contributed by atoms with Gasteiger partial charge in [-0.2, -0.15) is 0 Å². The molecule has 0 spiro atoms. The number of phenolic OH excluding ortho intramolecular Hbond substituents is 1.